The van der Waals surface area contributed by atoms with Crippen LogP contribution < -0.4 is 9.47 Å². The second kappa shape index (κ2) is 12.7. The lowest BCUT2D eigenvalue weighted by atomic mass is 10.1. The van der Waals surface area contributed by atoms with Crippen molar-refractivity contribution in [2.24, 2.45) is 0 Å². The molecule has 24 heavy (non-hydrogen) atoms. The maximum absolute atomic E-state index is 10.9. The van der Waals surface area contributed by atoms with Gasteiger partial charge in [-0.2, -0.15) is 0 Å². The van der Waals surface area contributed by atoms with E-state index in [0.29, 0.717) is 18.1 Å². The van der Waals surface area contributed by atoms with Crippen molar-refractivity contribution in [3.8, 4) is 11.5 Å². The first-order valence-electron chi connectivity index (χ1n) is 9.23. The van der Waals surface area contributed by atoms with E-state index < -0.39 is 5.97 Å². The Bertz CT molecular complexity index is 471. The minimum atomic E-state index is -0.963. The van der Waals surface area contributed by atoms with Crippen LogP contribution in [0.3, 0.4) is 0 Å². The van der Waals surface area contributed by atoms with E-state index >= 15 is 0 Å². The quantitative estimate of drug-likeness (QED) is 0.443. The van der Waals surface area contributed by atoms with Crippen molar-refractivity contribution >= 4 is 5.97 Å². The van der Waals surface area contributed by atoms with Crippen LogP contribution in [0.2, 0.25) is 0 Å². The number of hydrogen-bond donors (Lipinski definition) is 1. The zero-order chi connectivity index (χ0) is 17.6. The number of unbranched alkanes of at least 4 members (excludes halogenated alkanes) is 9. The molecule has 136 valence electrons. The van der Waals surface area contributed by atoms with Crippen LogP contribution in [0.25, 0.3) is 0 Å². The smallest absolute Gasteiger partial charge is 0.335 e. The minimum Gasteiger partial charge on any atom is -0.493 e. The number of carboxylic acid groups (broad SMARTS) is 1. The Balaban J connectivity index is 2.12. The van der Waals surface area contributed by atoms with Crippen molar-refractivity contribution in [2.75, 3.05) is 13.7 Å². The summed E-state index contributed by atoms with van der Waals surface area (Å²) >= 11 is 0. The Hall–Kier alpha value is -1.71. The second-order valence-electron chi connectivity index (χ2n) is 6.20. The molecule has 1 aromatic carbocycles. The Kier molecular flexibility index (Phi) is 10.7. The van der Waals surface area contributed by atoms with E-state index in [1.807, 2.05) is 0 Å². The van der Waals surface area contributed by atoms with Gasteiger partial charge in [-0.15, -0.1) is 0 Å². The zero-order valence-electron chi connectivity index (χ0n) is 15.2. The van der Waals surface area contributed by atoms with E-state index in [0.717, 1.165) is 6.42 Å². The first-order valence-corrected chi connectivity index (χ1v) is 9.23. The highest BCUT2D eigenvalue weighted by molar-refractivity contribution is 5.88. The molecule has 0 aliphatic rings. The monoisotopic (exact) mass is 336 g/mol. The molecule has 0 saturated carbocycles. The fourth-order valence-electron chi connectivity index (χ4n) is 2.69. The van der Waals surface area contributed by atoms with Crippen molar-refractivity contribution in [3.05, 3.63) is 23.8 Å². The molecule has 0 aliphatic carbocycles. The molecule has 0 bridgehead atoms. The van der Waals surface area contributed by atoms with Gasteiger partial charge in [-0.25, -0.2) is 4.79 Å². The molecule has 0 aliphatic heterocycles. The van der Waals surface area contributed by atoms with Gasteiger partial charge in [0.15, 0.2) is 11.5 Å². The van der Waals surface area contributed by atoms with Crippen LogP contribution in [0.4, 0.5) is 0 Å². The van der Waals surface area contributed by atoms with Gasteiger partial charge in [-0.1, -0.05) is 64.7 Å². The van der Waals surface area contributed by atoms with E-state index in [-0.39, 0.29) is 5.56 Å². The third kappa shape index (κ3) is 8.23. The highest BCUT2D eigenvalue weighted by Crippen LogP contribution is 2.28. The molecule has 0 atom stereocenters. The minimum absolute atomic E-state index is 0.207. The number of aromatic carboxylic acids is 1. The zero-order valence-corrected chi connectivity index (χ0v) is 15.2. The summed E-state index contributed by atoms with van der Waals surface area (Å²) in [6, 6.07) is 4.70. The lowest BCUT2D eigenvalue weighted by Gasteiger charge is -2.11. The van der Waals surface area contributed by atoms with E-state index in [1.165, 1.54) is 71.0 Å². The third-order valence-corrected chi connectivity index (χ3v) is 4.17. The average molecular weight is 336 g/mol. The fraction of sp³-hybridized carbons (Fsp3) is 0.650. The summed E-state index contributed by atoms with van der Waals surface area (Å²) in [7, 11) is 1.52. The van der Waals surface area contributed by atoms with Crippen molar-refractivity contribution in [1.29, 1.82) is 0 Å². The molecule has 1 rings (SSSR count). The molecule has 0 radical (unpaired) electrons. The number of rotatable bonds is 14. The molecular weight excluding hydrogens is 304 g/mol. The van der Waals surface area contributed by atoms with Crippen molar-refractivity contribution < 1.29 is 19.4 Å². The van der Waals surface area contributed by atoms with Gasteiger partial charge in [0.25, 0.3) is 0 Å². The lowest BCUT2D eigenvalue weighted by Crippen LogP contribution is -2.02. The third-order valence-electron chi connectivity index (χ3n) is 4.17. The average Bonchev–Trinajstić information content (AvgIpc) is 2.59. The van der Waals surface area contributed by atoms with Gasteiger partial charge in [0.1, 0.15) is 0 Å². The number of carbonyl (C=O) groups is 1. The highest BCUT2D eigenvalue weighted by atomic mass is 16.5. The number of hydrogen-bond acceptors (Lipinski definition) is 3. The Morgan fingerprint density at radius 3 is 2.04 bits per heavy atom. The molecule has 0 amide bonds. The van der Waals surface area contributed by atoms with Crippen LogP contribution in [-0.2, 0) is 0 Å². The van der Waals surface area contributed by atoms with E-state index in [4.69, 9.17) is 14.6 Å². The molecule has 0 saturated heterocycles. The van der Waals surface area contributed by atoms with Crippen molar-refractivity contribution in [1.82, 2.24) is 0 Å². The molecule has 0 unspecified atom stereocenters. The molecular formula is C20H32O4. The summed E-state index contributed by atoms with van der Waals surface area (Å²) in [6.07, 6.45) is 12.9. The van der Waals surface area contributed by atoms with Gasteiger partial charge in [0.05, 0.1) is 19.3 Å². The van der Waals surface area contributed by atoms with Crippen molar-refractivity contribution in [2.45, 2.75) is 71.1 Å². The van der Waals surface area contributed by atoms with Crippen LogP contribution in [0.15, 0.2) is 18.2 Å². The van der Waals surface area contributed by atoms with Gasteiger partial charge in [-0.3, -0.25) is 0 Å². The standard InChI is InChI=1S/C20H32O4/c1-3-4-5-6-7-8-9-10-11-12-15-24-18-14-13-17(20(21)22)16-19(18)23-2/h13-14,16H,3-12,15H2,1-2H3,(H,21,22). The van der Waals surface area contributed by atoms with Gasteiger partial charge in [-0.05, 0) is 24.6 Å². The SMILES string of the molecule is CCCCCCCCCCCCOc1ccc(C(=O)O)cc1OC. The second-order valence-corrected chi connectivity index (χ2v) is 6.20. The Morgan fingerprint density at radius 1 is 0.917 bits per heavy atom. The molecule has 0 spiro atoms. The summed E-state index contributed by atoms with van der Waals surface area (Å²) in [5, 5.41) is 8.98. The largest absolute Gasteiger partial charge is 0.493 e. The molecule has 4 nitrogen and oxygen atoms in total. The van der Waals surface area contributed by atoms with Crippen LogP contribution in [0.1, 0.15) is 81.5 Å². The normalized spacial score (nSPS) is 10.6. The number of ether oxygens (including phenoxy) is 2. The van der Waals surface area contributed by atoms with Crippen LogP contribution >= 0.6 is 0 Å². The number of methoxy groups -OCH3 is 1. The molecule has 1 N–H and O–H groups in total. The Labute approximate surface area is 146 Å². The van der Waals surface area contributed by atoms with E-state index in [2.05, 4.69) is 6.92 Å². The first-order chi connectivity index (χ1) is 11.7. The summed E-state index contributed by atoms with van der Waals surface area (Å²) in [4.78, 5) is 10.9. The molecule has 0 fully saturated rings. The van der Waals surface area contributed by atoms with Gasteiger partial charge >= 0.3 is 5.97 Å². The lowest BCUT2D eigenvalue weighted by molar-refractivity contribution is 0.0696. The van der Waals surface area contributed by atoms with Crippen LogP contribution in [0, 0.1) is 0 Å². The Morgan fingerprint density at radius 2 is 1.50 bits per heavy atom. The van der Waals surface area contributed by atoms with E-state index in [9.17, 15) is 4.79 Å². The van der Waals surface area contributed by atoms with E-state index in [1.54, 1.807) is 12.1 Å². The number of carboxylic acids is 1. The molecule has 1 aromatic rings. The predicted molar refractivity (Wildman–Crippen MR) is 97.3 cm³/mol. The molecule has 0 heterocycles. The maximum atomic E-state index is 10.9. The van der Waals surface area contributed by atoms with Gasteiger partial charge < -0.3 is 14.6 Å². The molecule has 4 heteroatoms. The van der Waals surface area contributed by atoms with Crippen LogP contribution in [-0.4, -0.2) is 24.8 Å². The molecule has 0 aromatic heterocycles. The summed E-state index contributed by atoms with van der Waals surface area (Å²) < 4.78 is 10.9. The van der Waals surface area contributed by atoms with Gasteiger partial charge in [0, 0.05) is 0 Å². The highest BCUT2D eigenvalue weighted by Gasteiger charge is 2.09. The van der Waals surface area contributed by atoms with Crippen molar-refractivity contribution in [3.63, 3.8) is 0 Å². The summed E-state index contributed by atoms with van der Waals surface area (Å²) in [5.74, 6) is 0.120. The fourth-order valence-corrected chi connectivity index (χ4v) is 2.69. The number of benzene rings is 1. The predicted octanol–water partition coefficient (Wildman–Crippen LogP) is 5.69. The van der Waals surface area contributed by atoms with Crippen LogP contribution in [0.5, 0.6) is 11.5 Å². The summed E-state index contributed by atoms with van der Waals surface area (Å²) in [5.41, 5.74) is 0.207. The van der Waals surface area contributed by atoms with Gasteiger partial charge in [0.2, 0.25) is 0 Å². The topological polar surface area (TPSA) is 55.8 Å². The first kappa shape index (κ1) is 20.3. The summed E-state index contributed by atoms with van der Waals surface area (Å²) in [6.45, 7) is 2.89. The maximum Gasteiger partial charge on any atom is 0.335 e.